The lowest BCUT2D eigenvalue weighted by Crippen LogP contribution is -2.23. The number of hydrogen-bond donors (Lipinski definition) is 3. The number of aromatic amines is 1. The molecule has 0 saturated heterocycles. The lowest BCUT2D eigenvalue weighted by atomic mass is 10.1. The number of amides is 1. The zero-order valence-electron chi connectivity index (χ0n) is 15.0. The van der Waals surface area contributed by atoms with E-state index in [9.17, 15) is 27.9 Å². The lowest BCUT2D eigenvalue weighted by molar-refractivity contribution is -0.137. The van der Waals surface area contributed by atoms with Gasteiger partial charge in [0.05, 0.1) is 23.1 Å². The molecule has 0 unspecified atom stereocenters. The van der Waals surface area contributed by atoms with E-state index in [1.165, 1.54) is 31.4 Å². The molecular formula is C19H15F3N2O4S. The van der Waals surface area contributed by atoms with Crippen LogP contribution in [0.3, 0.4) is 0 Å². The third-order valence-corrected chi connectivity index (χ3v) is 4.99. The molecule has 3 aromatic rings. The van der Waals surface area contributed by atoms with Crippen molar-refractivity contribution in [2.45, 2.75) is 12.7 Å². The molecule has 0 bridgehead atoms. The van der Waals surface area contributed by atoms with Gasteiger partial charge < -0.3 is 15.2 Å². The Labute approximate surface area is 166 Å². The highest BCUT2D eigenvalue weighted by Crippen LogP contribution is 2.33. The Balaban J connectivity index is 1.80. The number of halogens is 3. The van der Waals surface area contributed by atoms with Crippen LogP contribution in [0.15, 0.2) is 47.3 Å². The normalized spacial score (nSPS) is 11.3. The van der Waals surface area contributed by atoms with Gasteiger partial charge >= 0.3 is 11.0 Å². The third kappa shape index (κ3) is 4.60. The summed E-state index contributed by atoms with van der Waals surface area (Å²) < 4.78 is 43.1. The first kappa shape index (κ1) is 20.5. The molecule has 0 saturated carbocycles. The number of hydrogen-bond acceptors (Lipinski definition) is 5. The van der Waals surface area contributed by atoms with Crippen molar-refractivity contribution in [3.8, 4) is 22.1 Å². The van der Waals surface area contributed by atoms with Crippen LogP contribution in [0.2, 0.25) is 0 Å². The standard InChI is InChI=1S/C19H15F3N2O4S/c1-28-14-7-4-11(15-17(26)24-18(27)29-15)8-13(14)16(25)23-9-10-2-5-12(6-3-10)19(20,21)22/h2-8,26H,9H2,1H3,(H,23,25)(H,24,27). The molecule has 0 aliphatic rings. The monoisotopic (exact) mass is 424 g/mol. The van der Waals surface area contributed by atoms with E-state index in [2.05, 4.69) is 10.3 Å². The highest BCUT2D eigenvalue weighted by molar-refractivity contribution is 7.13. The highest BCUT2D eigenvalue weighted by Gasteiger charge is 2.29. The summed E-state index contributed by atoms with van der Waals surface area (Å²) in [5.41, 5.74) is 0.304. The summed E-state index contributed by atoms with van der Waals surface area (Å²) >= 11 is 0.789. The third-order valence-electron chi connectivity index (χ3n) is 4.07. The number of aromatic hydroxyl groups is 1. The van der Waals surface area contributed by atoms with Crippen molar-refractivity contribution < 1.29 is 27.8 Å². The number of thiazole rings is 1. The average molecular weight is 424 g/mol. The number of methoxy groups -OCH3 is 1. The Bertz CT molecular complexity index is 1090. The Morgan fingerprint density at radius 3 is 2.45 bits per heavy atom. The van der Waals surface area contributed by atoms with Gasteiger partial charge in [-0.2, -0.15) is 13.2 Å². The van der Waals surface area contributed by atoms with Gasteiger partial charge in [0.2, 0.25) is 5.88 Å². The van der Waals surface area contributed by atoms with E-state index in [1.807, 2.05) is 0 Å². The molecule has 0 atom stereocenters. The Morgan fingerprint density at radius 1 is 1.21 bits per heavy atom. The minimum Gasteiger partial charge on any atom is -0.496 e. The largest absolute Gasteiger partial charge is 0.496 e. The summed E-state index contributed by atoms with van der Waals surface area (Å²) in [5.74, 6) is -0.562. The highest BCUT2D eigenvalue weighted by atomic mass is 32.1. The number of nitrogens with one attached hydrogen (secondary N) is 2. The number of carbonyl (C=O) groups is 1. The van der Waals surface area contributed by atoms with Gasteiger partial charge in [0.15, 0.2) is 0 Å². The summed E-state index contributed by atoms with van der Waals surface area (Å²) in [5, 5.41) is 12.4. The molecule has 0 spiro atoms. The number of ether oxygens (including phenoxy) is 1. The summed E-state index contributed by atoms with van der Waals surface area (Å²) in [7, 11) is 1.38. The summed E-state index contributed by atoms with van der Waals surface area (Å²) in [6.07, 6.45) is -4.43. The molecule has 6 nitrogen and oxygen atoms in total. The first-order valence-corrected chi connectivity index (χ1v) is 9.05. The van der Waals surface area contributed by atoms with Crippen LogP contribution < -0.4 is 14.9 Å². The van der Waals surface area contributed by atoms with Gasteiger partial charge in [-0.1, -0.05) is 23.5 Å². The molecule has 10 heteroatoms. The van der Waals surface area contributed by atoms with Crippen molar-refractivity contribution >= 4 is 17.2 Å². The van der Waals surface area contributed by atoms with Crippen LogP contribution in [-0.4, -0.2) is 23.1 Å². The second-order valence-corrected chi connectivity index (χ2v) is 6.97. The predicted molar refractivity (Wildman–Crippen MR) is 101 cm³/mol. The van der Waals surface area contributed by atoms with Crippen LogP contribution >= 0.6 is 11.3 Å². The summed E-state index contributed by atoms with van der Waals surface area (Å²) in [6, 6.07) is 9.02. The Hall–Kier alpha value is -3.27. The molecule has 3 rings (SSSR count). The molecular weight excluding hydrogens is 409 g/mol. The van der Waals surface area contributed by atoms with Gasteiger partial charge in [-0.25, -0.2) is 0 Å². The topological polar surface area (TPSA) is 91.4 Å². The first-order valence-electron chi connectivity index (χ1n) is 8.24. The molecule has 0 fully saturated rings. The molecule has 29 heavy (non-hydrogen) atoms. The van der Waals surface area contributed by atoms with Crippen molar-refractivity contribution in [2.24, 2.45) is 0 Å². The first-order chi connectivity index (χ1) is 13.7. The van der Waals surface area contributed by atoms with E-state index < -0.39 is 22.5 Å². The maximum absolute atomic E-state index is 12.6. The second-order valence-electron chi connectivity index (χ2n) is 5.98. The maximum atomic E-state index is 12.6. The number of alkyl halides is 3. The van der Waals surface area contributed by atoms with Crippen LogP contribution in [0, 0.1) is 0 Å². The van der Waals surface area contributed by atoms with Gasteiger partial charge in [0.25, 0.3) is 5.91 Å². The Morgan fingerprint density at radius 2 is 1.90 bits per heavy atom. The van der Waals surface area contributed by atoms with Gasteiger partial charge in [0, 0.05) is 6.54 Å². The van der Waals surface area contributed by atoms with E-state index in [0.717, 1.165) is 23.5 Å². The molecule has 1 aromatic heterocycles. The van der Waals surface area contributed by atoms with Crippen molar-refractivity contribution in [3.63, 3.8) is 0 Å². The Kier molecular flexibility index (Phi) is 5.64. The van der Waals surface area contributed by atoms with Gasteiger partial charge in [-0.3, -0.25) is 14.6 Å². The van der Waals surface area contributed by atoms with E-state index in [0.29, 0.717) is 11.1 Å². The molecule has 0 aliphatic heterocycles. The number of benzene rings is 2. The summed E-state index contributed by atoms with van der Waals surface area (Å²) in [6.45, 7) is 0.00703. The fraction of sp³-hybridized carbons (Fsp3) is 0.158. The fourth-order valence-electron chi connectivity index (χ4n) is 2.63. The maximum Gasteiger partial charge on any atom is 0.416 e. The van der Waals surface area contributed by atoms with Crippen LogP contribution in [0.5, 0.6) is 11.6 Å². The number of carbonyl (C=O) groups excluding carboxylic acids is 1. The van der Waals surface area contributed by atoms with Crippen LogP contribution in [0.25, 0.3) is 10.4 Å². The zero-order valence-corrected chi connectivity index (χ0v) is 15.8. The molecule has 1 amide bonds. The average Bonchev–Trinajstić information content (AvgIpc) is 3.03. The van der Waals surface area contributed by atoms with E-state index >= 15 is 0 Å². The van der Waals surface area contributed by atoms with Gasteiger partial charge in [-0.15, -0.1) is 0 Å². The number of rotatable bonds is 5. The zero-order chi connectivity index (χ0) is 21.2. The van der Waals surface area contributed by atoms with Crippen molar-refractivity contribution in [1.29, 1.82) is 0 Å². The molecule has 152 valence electrons. The summed E-state index contributed by atoms with van der Waals surface area (Å²) in [4.78, 5) is 26.1. The smallest absolute Gasteiger partial charge is 0.416 e. The quantitative estimate of drug-likeness (QED) is 0.582. The van der Waals surface area contributed by atoms with Crippen LogP contribution in [-0.2, 0) is 12.7 Å². The number of aromatic nitrogens is 1. The molecule has 2 aromatic carbocycles. The second kappa shape index (κ2) is 8.00. The minimum absolute atomic E-state index is 0.00703. The molecule has 1 heterocycles. The van der Waals surface area contributed by atoms with E-state index in [1.54, 1.807) is 6.07 Å². The van der Waals surface area contributed by atoms with Crippen molar-refractivity contribution in [1.82, 2.24) is 10.3 Å². The molecule has 0 radical (unpaired) electrons. The van der Waals surface area contributed by atoms with Crippen molar-refractivity contribution in [2.75, 3.05) is 7.11 Å². The SMILES string of the molecule is COc1ccc(-c2sc(=O)[nH]c2O)cc1C(=O)NCc1ccc(C(F)(F)F)cc1. The van der Waals surface area contributed by atoms with Gasteiger partial charge in [-0.05, 0) is 41.5 Å². The predicted octanol–water partition coefficient (Wildman–Crippen LogP) is 3.77. The van der Waals surface area contributed by atoms with Crippen LogP contribution in [0.4, 0.5) is 13.2 Å². The van der Waals surface area contributed by atoms with Crippen LogP contribution in [0.1, 0.15) is 21.5 Å². The van der Waals surface area contributed by atoms with E-state index in [4.69, 9.17) is 4.74 Å². The number of H-pyrrole nitrogens is 1. The minimum atomic E-state index is -4.43. The van der Waals surface area contributed by atoms with Gasteiger partial charge in [0.1, 0.15) is 5.75 Å². The van der Waals surface area contributed by atoms with Crippen molar-refractivity contribution in [3.05, 3.63) is 68.8 Å². The lowest BCUT2D eigenvalue weighted by Gasteiger charge is -2.12. The molecule has 3 N–H and O–H groups in total. The molecule has 0 aliphatic carbocycles. The fourth-order valence-corrected chi connectivity index (χ4v) is 3.36. The van der Waals surface area contributed by atoms with E-state index in [-0.39, 0.29) is 28.6 Å².